The van der Waals surface area contributed by atoms with Crippen molar-refractivity contribution in [1.29, 1.82) is 0 Å². The fourth-order valence-electron chi connectivity index (χ4n) is 3.84. The number of anilines is 1. The average molecular weight is 327 g/mol. The molecule has 2 fully saturated rings. The number of nitrogens with zero attached hydrogens (tertiary/aromatic N) is 2. The Morgan fingerprint density at radius 2 is 2.08 bits per heavy atom. The summed E-state index contributed by atoms with van der Waals surface area (Å²) in [5.41, 5.74) is 2.48. The van der Waals surface area contributed by atoms with Crippen LogP contribution in [0.25, 0.3) is 0 Å². The highest BCUT2D eigenvalue weighted by Gasteiger charge is 2.60. The lowest BCUT2D eigenvalue weighted by Crippen LogP contribution is -2.26. The number of allylic oxidation sites excluding steroid dienone is 2. The second kappa shape index (κ2) is 6.58. The Morgan fingerprint density at radius 3 is 2.75 bits per heavy atom. The number of amides is 1. The first kappa shape index (κ1) is 17.0. The van der Waals surface area contributed by atoms with Crippen molar-refractivity contribution in [3.63, 3.8) is 0 Å². The van der Waals surface area contributed by atoms with Crippen molar-refractivity contribution in [3.8, 4) is 0 Å². The van der Waals surface area contributed by atoms with Gasteiger partial charge in [-0.2, -0.15) is 0 Å². The molecule has 1 saturated heterocycles. The molecule has 0 aromatic carbocycles. The molecular formula is C20H29N3O. The van der Waals surface area contributed by atoms with Gasteiger partial charge < -0.3 is 10.2 Å². The zero-order valence-corrected chi connectivity index (χ0v) is 15.3. The maximum Gasteiger partial charge on any atom is 0.224 e. The van der Waals surface area contributed by atoms with Gasteiger partial charge in [-0.25, -0.2) is 4.98 Å². The lowest BCUT2D eigenvalue weighted by Gasteiger charge is -2.17. The van der Waals surface area contributed by atoms with E-state index < -0.39 is 0 Å². The van der Waals surface area contributed by atoms with Gasteiger partial charge in [0.25, 0.3) is 0 Å². The lowest BCUT2D eigenvalue weighted by atomic mass is 10.1. The molecular weight excluding hydrogens is 298 g/mol. The minimum Gasteiger partial charge on any atom is -0.357 e. The van der Waals surface area contributed by atoms with Crippen LogP contribution in [0.5, 0.6) is 0 Å². The highest BCUT2D eigenvalue weighted by atomic mass is 16.2. The normalized spacial score (nSPS) is 24.6. The van der Waals surface area contributed by atoms with E-state index in [1.54, 1.807) is 0 Å². The standard InChI is InChI=1S/C20H29N3O/c1-14(2)11-16-18(20(16,3)4)19(24)22-13-15-7-8-21-17(12-15)23-9-5-6-10-23/h7-8,11-12,16,18H,5-6,9-10,13H2,1-4H3,(H,22,24)/t16-,18-/m0/s1. The Labute approximate surface area is 145 Å². The van der Waals surface area contributed by atoms with E-state index in [9.17, 15) is 4.79 Å². The number of pyridine rings is 1. The molecule has 130 valence electrons. The van der Waals surface area contributed by atoms with Crippen molar-refractivity contribution < 1.29 is 4.79 Å². The smallest absolute Gasteiger partial charge is 0.224 e. The first-order valence-corrected chi connectivity index (χ1v) is 9.02. The Kier molecular flexibility index (Phi) is 4.66. The monoisotopic (exact) mass is 327 g/mol. The molecule has 0 radical (unpaired) electrons. The number of hydrogen-bond donors (Lipinski definition) is 1. The lowest BCUT2D eigenvalue weighted by molar-refractivity contribution is -0.123. The van der Waals surface area contributed by atoms with Gasteiger partial charge in [-0.15, -0.1) is 0 Å². The summed E-state index contributed by atoms with van der Waals surface area (Å²) >= 11 is 0. The number of rotatable bonds is 5. The highest BCUT2D eigenvalue weighted by molar-refractivity contribution is 5.83. The molecule has 4 heteroatoms. The van der Waals surface area contributed by atoms with Crippen LogP contribution in [-0.2, 0) is 11.3 Å². The Hall–Kier alpha value is -1.84. The molecule has 4 nitrogen and oxygen atoms in total. The molecule has 1 aromatic heterocycles. The summed E-state index contributed by atoms with van der Waals surface area (Å²) in [6.45, 7) is 11.3. The minimum atomic E-state index is 0.0698. The predicted molar refractivity (Wildman–Crippen MR) is 97.7 cm³/mol. The van der Waals surface area contributed by atoms with Crippen LogP contribution in [-0.4, -0.2) is 24.0 Å². The highest BCUT2D eigenvalue weighted by Crippen LogP contribution is 2.59. The number of aromatic nitrogens is 1. The van der Waals surface area contributed by atoms with Crippen molar-refractivity contribution >= 4 is 11.7 Å². The summed E-state index contributed by atoms with van der Waals surface area (Å²) in [5, 5.41) is 3.12. The molecule has 1 N–H and O–H groups in total. The summed E-state index contributed by atoms with van der Waals surface area (Å²) in [6, 6.07) is 4.10. The molecule has 1 aliphatic carbocycles. The largest absolute Gasteiger partial charge is 0.357 e. The van der Waals surface area contributed by atoms with Crippen molar-refractivity contribution in [2.45, 2.75) is 47.1 Å². The topological polar surface area (TPSA) is 45.2 Å². The fraction of sp³-hybridized carbons (Fsp3) is 0.600. The van der Waals surface area contributed by atoms with E-state index in [0.717, 1.165) is 24.5 Å². The van der Waals surface area contributed by atoms with Gasteiger partial charge in [0.1, 0.15) is 5.82 Å². The molecule has 0 unspecified atom stereocenters. The summed E-state index contributed by atoms with van der Waals surface area (Å²) in [7, 11) is 0. The predicted octanol–water partition coefficient (Wildman–Crippen LogP) is 3.54. The van der Waals surface area contributed by atoms with Gasteiger partial charge in [0.05, 0.1) is 5.92 Å². The Morgan fingerprint density at radius 1 is 1.38 bits per heavy atom. The van der Waals surface area contributed by atoms with Crippen molar-refractivity contribution in [1.82, 2.24) is 10.3 Å². The first-order valence-electron chi connectivity index (χ1n) is 9.02. The number of nitrogens with one attached hydrogen (secondary N) is 1. The van der Waals surface area contributed by atoms with Crippen LogP contribution in [0.1, 0.15) is 46.1 Å². The Bertz CT molecular complexity index is 640. The van der Waals surface area contributed by atoms with Crippen LogP contribution < -0.4 is 10.2 Å². The van der Waals surface area contributed by atoms with Gasteiger partial charge in [0.2, 0.25) is 5.91 Å². The molecule has 2 heterocycles. The molecule has 0 spiro atoms. The molecule has 3 rings (SSSR count). The van der Waals surface area contributed by atoms with E-state index in [1.807, 2.05) is 12.3 Å². The third-order valence-electron chi connectivity index (χ3n) is 5.41. The third-order valence-corrected chi connectivity index (χ3v) is 5.41. The molecule has 1 saturated carbocycles. The molecule has 1 amide bonds. The van der Waals surface area contributed by atoms with Crippen LogP contribution >= 0.6 is 0 Å². The summed E-state index contributed by atoms with van der Waals surface area (Å²) < 4.78 is 0. The number of hydrogen-bond acceptors (Lipinski definition) is 3. The Balaban J connectivity index is 1.59. The second-order valence-electron chi connectivity index (χ2n) is 8.00. The van der Waals surface area contributed by atoms with E-state index in [1.165, 1.54) is 18.4 Å². The van der Waals surface area contributed by atoms with E-state index in [0.29, 0.717) is 12.5 Å². The van der Waals surface area contributed by atoms with Gasteiger partial charge in [-0.3, -0.25) is 4.79 Å². The van der Waals surface area contributed by atoms with Crippen LogP contribution in [0.3, 0.4) is 0 Å². The van der Waals surface area contributed by atoms with Crippen LogP contribution in [0, 0.1) is 17.3 Å². The average Bonchev–Trinajstić information content (AvgIpc) is 2.94. The summed E-state index contributed by atoms with van der Waals surface area (Å²) in [4.78, 5) is 19.3. The SMILES string of the molecule is CC(C)=C[C@H]1[C@@H](C(=O)NCc2ccnc(N3CCCC3)c2)C1(C)C. The van der Waals surface area contributed by atoms with Crippen LogP contribution in [0.15, 0.2) is 30.0 Å². The van der Waals surface area contributed by atoms with E-state index in [2.05, 4.69) is 55.0 Å². The van der Waals surface area contributed by atoms with Crippen LogP contribution in [0.2, 0.25) is 0 Å². The second-order valence-corrected chi connectivity index (χ2v) is 8.00. The van der Waals surface area contributed by atoms with Gasteiger partial charge >= 0.3 is 0 Å². The summed E-state index contributed by atoms with van der Waals surface area (Å²) in [5.74, 6) is 1.66. The number of carbonyl (C=O) groups excluding carboxylic acids is 1. The fourth-order valence-corrected chi connectivity index (χ4v) is 3.84. The molecule has 0 bridgehead atoms. The third kappa shape index (κ3) is 3.47. The van der Waals surface area contributed by atoms with Gasteiger partial charge in [0.15, 0.2) is 0 Å². The van der Waals surface area contributed by atoms with Crippen molar-refractivity contribution in [2.75, 3.05) is 18.0 Å². The van der Waals surface area contributed by atoms with Crippen LogP contribution in [0.4, 0.5) is 5.82 Å². The molecule has 2 atom stereocenters. The van der Waals surface area contributed by atoms with Gasteiger partial charge in [-0.05, 0) is 55.7 Å². The van der Waals surface area contributed by atoms with Crippen molar-refractivity contribution in [2.24, 2.45) is 17.3 Å². The first-order chi connectivity index (χ1) is 11.4. The maximum absolute atomic E-state index is 12.6. The minimum absolute atomic E-state index is 0.0698. The molecule has 1 aliphatic heterocycles. The van der Waals surface area contributed by atoms with Crippen molar-refractivity contribution in [3.05, 3.63) is 35.5 Å². The molecule has 2 aliphatic rings. The van der Waals surface area contributed by atoms with Gasteiger partial charge in [-0.1, -0.05) is 25.5 Å². The summed E-state index contributed by atoms with van der Waals surface area (Å²) in [6.07, 6.45) is 6.57. The van der Waals surface area contributed by atoms with E-state index in [4.69, 9.17) is 0 Å². The molecule has 24 heavy (non-hydrogen) atoms. The van der Waals surface area contributed by atoms with Gasteiger partial charge in [0, 0.05) is 25.8 Å². The van der Waals surface area contributed by atoms with E-state index >= 15 is 0 Å². The number of carbonyl (C=O) groups is 1. The quantitative estimate of drug-likeness (QED) is 0.842. The maximum atomic E-state index is 12.6. The zero-order chi connectivity index (χ0) is 17.3. The van der Waals surface area contributed by atoms with E-state index in [-0.39, 0.29) is 17.2 Å². The molecule has 1 aromatic rings. The zero-order valence-electron chi connectivity index (χ0n) is 15.3.